The van der Waals surface area contributed by atoms with E-state index < -0.39 is 0 Å². The molecule has 0 spiro atoms. The molecule has 272 valence electrons. The van der Waals surface area contributed by atoms with Gasteiger partial charge in [-0.15, -0.1) is 0 Å². The van der Waals surface area contributed by atoms with Crippen molar-refractivity contribution in [3.05, 3.63) is 231 Å². The summed E-state index contributed by atoms with van der Waals surface area (Å²) < 4.78 is 2.38. The molecule has 0 atom stereocenters. The van der Waals surface area contributed by atoms with Crippen molar-refractivity contribution in [2.24, 2.45) is 0 Å². The zero-order chi connectivity index (χ0) is 38.4. The molecule has 0 saturated heterocycles. The lowest BCUT2D eigenvalue weighted by atomic mass is 9.97. The summed E-state index contributed by atoms with van der Waals surface area (Å²) in [4.78, 5) is 2.40. The van der Waals surface area contributed by atoms with Crippen molar-refractivity contribution in [3.8, 4) is 39.1 Å². The van der Waals surface area contributed by atoms with Crippen molar-refractivity contribution in [1.29, 1.82) is 0 Å². The third kappa shape index (κ3) is 5.82. The number of anilines is 3. The van der Waals surface area contributed by atoms with Crippen molar-refractivity contribution < 1.29 is 0 Å². The number of benzene rings is 10. The van der Waals surface area contributed by atoms with Gasteiger partial charge in [-0.1, -0.05) is 170 Å². The minimum absolute atomic E-state index is 1.09. The fourth-order valence-corrected chi connectivity index (χ4v) is 8.77. The van der Waals surface area contributed by atoms with Crippen LogP contribution >= 0.6 is 0 Å². The number of hydrogen-bond donors (Lipinski definition) is 0. The summed E-state index contributed by atoms with van der Waals surface area (Å²) in [5.41, 5.74) is 14.0. The van der Waals surface area contributed by atoms with Gasteiger partial charge in [0.25, 0.3) is 0 Å². The number of nitrogens with zero attached hydrogens (tertiary/aromatic N) is 2. The van der Waals surface area contributed by atoms with Crippen LogP contribution in [0.15, 0.2) is 231 Å². The molecule has 0 aliphatic heterocycles. The quantitative estimate of drug-likeness (QED) is 0.158. The molecule has 0 aliphatic carbocycles. The summed E-state index contributed by atoms with van der Waals surface area (Å²) >= 11 is 0. The second-order valence-electron chi connectivity index (χ2n) is 15.0. The first-order valence-corrected chi connectivity index (χ1v) is 19.9. The average molecular weight is 739 g/mol. The van der Waals surface area contributed by atoms with Gasteiger partial charge in [0, 0.05) is 33.4 Å². The molecule has 0 saturated carbocycles. The summed E-state index contributed by atoms with van der Waals surface area (Å²) in [7, 11) is 0. The average Bonchev–Trinajstić information content (AvgIpc) is 3.64. The molecular weight excluding hydrogens is 701 g/mol. The zero-order valence-electron chi connectivity index (χ0n) is 31.8. The van der Waals surface area contributed by atoms with Gasteiger partial charge in [-0.2, -0.15) is 0 Å². The molecule has 0 bridgehead atoms. The molecule has 1 aromatic heterocycles. The second kappa shape index (κ2) is 14.1. The number of hydrogen-bond acceptors (Lipinski definition) is 1. The van der Waals surface area contributed by atoms with E-state index in [1.54, 1.807) is 0 Å². The summed E-state index contributed by atoms with van der Waals surface area (Å²) in [5, 5.41) is 7.53. The van der Waals surface area contributed by atoms with E-state index in [2.05, 4.69) is 240 Å². The van der Waals surface area contributed by atoms with Crippen LogP contribution in [-0.2, 0) is 0 Å². The van der Waals surface area contributed by atoms with E-state index >= 15 is 0 Å². The Morgan fingerprint density at radius 2 is 0.776 bits per heavy atom. The van der Waals surface area contributed by atoms with Gasteiger partial charge < -0.3 is 9.47 Å². The summed E-state index contributed by atoms with van der Waals surface area (Å²) in [6.45, 7) is 0. The Balaban J connectivity index is 1.02. The van der Waals surface area contributed by atoms with Crippen LogP contribution in [0.2, 0.25) is 0 Å². The Kier molecular flexibility index (Phi) is 8.19. The maximum absolute atomic E-state index is 2.40. The van der Waals surface area contributed by atoms with Crippen LogP contribution in [0.5, 0.6) is 0 Å². The Bertz CT molecular complexity index is 3200. The fourth-order valence-electron chi connectivity index (χ4n) is 8.77. The van der Waals surface area contributed by atoms with Gasteiger partial charge in [-0.05, 0) is 110 Å². The Morgan fingerprint density at radius 1 is 0.293 bits per heavy atom. The number of para-hydroxylation sites is 3. The smallest absolute Gasteiger partial charge is 0.0541 e. The molecule has 0 unspecified atom stereocenters. The third-order valence-electron chi connectivity index (χ3n) is 11.6. The van der Waals surface area contributed by atoms with Gasteiger partial charge in [0.05, 0.1) is 16.7 Å². The lowest BCUT2D eigenvalue weighted by molar-refractivity contribution is 1.18. The molecule has 0 fully saturated rings. The topological polar surface area (TPSA) is 8.17 Å². The van der Waals surface area contributed by atoms with Crippen molar-refractivity contribution in [2.45, 2.75) is 0 Å². The Labute approximate surface area is 338 Å². The molecule has 11 aromatic rings. The van der Waals surface area contributed by atoms with Crippen molar-refractivity contribution in [1.82, 2.24) is 4.57 Å². The first kappa shape index (κ1) is 33.6. The van der Waals surface area contributed by atoms with E-state index in [9.17, 15) is 0 Å². The van der Waals surface area contributed by atoms with E-state index in [0.717, 1.165) is 33.9 Å². The maximum Gasteiger partial charge on any atom is 0.0541 e. The van der Waals surface area contributed by atoms with Gasteiger partial charge in [0.1, 0.15) is 0 Å². The first-order valence-electron chi connectivity index (χ1n) is 19.9. The predicted molar refractivity (Wildman–Crippen MR) is 247 cm³/mol. The lowest BCUT2D eigenvalue weighted by Gasteiger charge is -2.28. The minimum Gasteiger partial charge on any atom is -0.310 e. The van der Waals surface area contributed by atoms with Crippen molar-refractivity contribution >= 4 is 60.4 Å². The number of aromatic nitrogens is 1. The molecule has 1 heterocycles. The summed E-state index contributed by atoms with van der Waals surface area (Å²) in [5.74, 6) is 0. The monoisotopic (exact) mass is 738 g/mol. The van der Waals surface area contributed by atoms with E-state index in [4.69, 9.17) is 0 Å². The lowest BCUT2D eigenvalue weighted by Crippen LogP contribution is -2.11. The molecule has 11 rings (SSSR count). The van der Waals surface area contributed by atoms with Crippen LogP contribution in [0.3, 0.4) is 0 Å². The molecule has 0 N–H and O–H groups in total. The van der Waals surface area contributed by atoms with E-state index in [-0.39, 0.29) is 0 Å². The standard InChI is InChI=1S/C56H38N2/c1-2-14-44-38-45(25-24-39(44)12-1)40-26-32-46(33-27-40)57(47-34-28-42(29-35-47)50-20-11-15-41-13-3-4-16-49(41)50)54-21-8-5-17-51(54)43-30-36-48(37-31-43)58-55-22-9-6-18-52(55)53-19-7-10-23-56(53)58/h1-38H. The van der Waals surface area contributed by atoms with Crippen molar-refractivity contribution in [3.63, 3.8) is 0 Å². The SMILES string of the molecule is c1ccc(N(c2ccc(-c3ccc4ccccc4c3)cc2)c2ccc(-c3cccc4ccccc34)cc2)c(-c2ccc(-n3c4ccccc4c4ccccc43)cc2)c1. The number of fused-ring (bicyclic) bond motifs is 5. The van der Waals surface area contributed by atoms with Gasteiger partial charge in [0.2, 0.25) is 0 Å². The minimum atomic E-state index is 1.09. The van der Waals surface area contributed by atoms with Gasteiger partial charge >= 0.3 is 0 Å². The number of rotatable bonds is 7. The summed E-state index contributed by atoms with van der Waals surface area (Å²) in [6, 6.07) is 83.7. The molecule has 10 aromatic carbocycles. The zero-order valence-corrected chi connectivity index (χ0v) is 31.8. The predicted octanol–water partition coefficient (Wildman–Crippen LogP) is 15.6. The van der Waals surface area contributed by atoms with Crippen LogP contribution < -0.4 is 4.90 Å². The molecule has 0 radical (unpaired) electrons. The van der Waals surface area contributed by atoms with Crippen LogP contribution in [0, 0.1) is 0 Å². The Hall–Kier alpha value is -7.68. The van der Waals surface area contributed by atoms with Crippen molar-refractivity contribution in [2.75, 3.05) is 4.90 Å². The second-order valence-corrected chi connectivity index (χ2v) is 15.0. The van der Waals surface area contributed by atoms with Crippen LogP contribution in [0.4, 0.5) is 17.1 Å². The molecule has 0 aliphatic rings. The molecule has 2 heteroatoms. The van der Waals surface area contributed by atoms with Gasteiger partial charge in [-0.25, -0.2) is 0 Å². The van der Waals surface area contributed by atoms with E-state index in [1.165, 1.54) is 65.6 Å². The molecular formula is C56H38N2. The maximum atomic E-state index is 2.40. The van der Waals surface area contributed by atoms with Gasteiger partial charge in [0.15, 0.2) is 0 Å². The summed E-state index contributed by atoms with van der Waals surface area (Å²) in [6.07, 6.45) is 0. The highest BCUT2D eigenvalue weighted by molar-refractivity contribution is 6.09. The highest BCUT2D eigenvalue weighted by Gasteiger charge is 2.19. The first-order chi connectivity index (χ1) is 28.8. The van der Waals surface area contributed by atoms with Crippen LogP contribution in [-0.4, -0.2) is 4.57 Å². The molecule has 58 heavy (non-hydrogen) atoms. The molecule has 0 amide bonds. The largest absolute Gasteiger partial charge is 0.310 e. The third-order valence-corrected chi connectivity index (χ3v) is 11.6. The van der Waals surface area contributed by atoms with Gasteiger partial charge in [-0.3, -0.25) is 0 Å². The molecule has 2 nitrogen and oxygen atoms in total. The highest BCUT2D eigenvalue weighted by atomic mass is 15.1. The fraction of sp³-hybridized carbons (Fsp3) is 0. The van der Waals surface area contributed by atoms with E-state index in [1.807, 2.05) is 0 Å². The highest BCUT2D eigenvalue weighted by Crippen LogP contribution is 2.43. The normalized spacial score (nSPS) is 11.4. The Morgan fingerprint density at radius 3 is 1.48 bits per heavy atom. The van der Waals surface area contributed by atoms with E-state index in [0.29, 0.717) is 0 Å². The van der Waals surface area contributed by atoms with Crippen LogP contribution in [0.25, 0.3) is 82.4 Å². The van der Waals surface area contributed by atoms with Crippen LogP contribution in [0.1, 0.15) is 0 Å².